The van der Waals surface area contributed by atoms with Crippen LogP contribution in [0, 0.1) is 0 Å². The number of carbonyl (C=O) groups is 1. The Labute approximate surface area is 153 Å². The Morgan fingerprint density at radius 2 is 1.88 bits per heavy atom. The molecule has 0 spiro atoms. The molecule has 5 heteroatoms. The molecule has 0 radical (unpaired) electrons. The fourth-order valence-corrected chi connectivity index (χ4v) is 3.91. The van der Waals surface area contributed by atoms with Crippen molar-refractivity contribution in [2.75, 3.05) is 25.1 Å². The molecule has 2 aliphatic rings. The summed E-state index contributed by atoms with van der Waals surface area (Å²) in [5.41, 5.74) is 1.56. The van der Waals surface area contributed by atoms with Gasteiger partial charge >= 0.3 is 0 Å². The number of hydrogen-bond donors (Lipinski definition) is 1. The number of piperazine rings is 1. The number of ether oxygens (including phenoxy) is 1. The molecule has 26 heavy (non-hydrogen) atoms. The van der Waals surface area contributed by atoms with Gasteiger partial charge < -0.3 is 19.6 Å². The molecule has 0 amide bonds. The van der Waals surface area contributed by atoms with Gasteiger partial charge in [-0.25, -0.2) is 0 Å². The van der Waals surface area contributed by atoms with Crippen LogP contribution in [-0.4, -0.2) is 48.1 Å². The lowest BCUT2D eigenvalue weighted by Gasteiger charge is -2.35. The van der Waals surface area contributed by atoms with E-state index in [-0.39, 0.29) is 11.5 Å². The first-order valence-electron chi connectivity index (χ1n) is 8.82. The summed E-state index contributed by atoms with van der Waals surface area (Å²) in [7, 11) is 1.67. The number of benzene rings is 2. The van der Waals surface area contributed by atoms with Crippen molar-refractivity contribution in [3.63, 3.8) is 0 Å². The summed E-state index contributed by atoms with van der Waals surface area (Å²) in [6, 6.07) is 15.7. The largest absolute Gasteiger partial charge is 0.507 e. The molecule has 2 aromatic rings. The summed E-state index contributed by atoms with van der Waals surface area (Å²) < 4.78 is 5.22. The van der Waals surface area contributed by atoms with Crippen LogP contribution >= 0.6 is 0 Å². The van der Waals surface area contributed by atoms with Crippen LogP contribution in [0.1, 0.15) is 16.8 Å². The highest BCUT2D eigenvalue weighted by atomic mass is 16.5. The van der Waals surface area contributed by atoms with Crippen molar-refractivity contribution in [2.45, 2.75) is 18.5 Å². The van der Waals surface area contributed by atoms with E-state index in [1.165, 1.54) is 11.8 Å². The van der Waals surface area contributed by atoms with Gasteiger partial charge in [0, 0.05) is 43.1 Å². The first kappa shape index (κ1) is 16.5. The van der Waals surface area contributed by atoms with Crippen molar-refractivity contribution in [2.24, 2.45) is 0 Å². The summed E-state index contributed by atoms with van der Waals surface area (Å²) in [5.74, 6) is 0.721. The zero-order chi connectivity index (χ0) is 18.1. The normalized spacial score (nSPS) is 21.6. The Kier molecular flexibility index (Phi) is 4.29. The zero-order valence-electron chi connectivity index (χ0n) is 14.7. The lowest BCUT2D eigenvalue weighted by molar-refractivity contribution is 0.104. The minimum Gasteiger partial charge on any atom is -0.507 e. The molecule has 2 bridgehead atoms. The number of phenols is 1. The number of aromatic hydroxyl groups is 1. The van der Waals surface area contributed by atoms with Crippen LogP contribution in [0.2, 0.25) is 0 Å². The predicted octanol–water partition coefficient (Wildman–Crippen LogP) is 3.06. The molecule has 0 aromatic heterocycles. The van der Waals surface area contributed by atoms with Gasteiger partial charge in [0.2, 0.25) is 0 Å². The third kappa shape index (κ3) is 3.01. The van der Waals surface area contributed by atoms with E-state index in [9.17, 15) is 9.90 Å². The van der Waals surface area contributed by atoms with Gasteiger partial charge in [-0.2, -0.15) is 0 Å². The Morgan fingerprint density at radius 3 is 2.54 bits per heavy atom. The number of allylic oxidation sites excluding steroid dienone is 1. The summed E-state index contributed by atoms with van der Waals surface area (Å²) in [6.07, 6.45) is 4.54. The standard InChI is InChI=1S/C21H22N2O3/c1-26-18-8-6-15(7-9-18)23-14-16-12-17(23)13-22(16)11-10-21(25)19-4-2-3-5-20(19)24/h2-11,16-17,24H,12-14H2,1H3/b11-10+/t16-,17-/m1/s1. The van der Waals surface area contributed by atoms with Gasteiger partial charge in [0.05, 0.1) is 12.7 Å². The number of para-hydroxylation sites is 1. The zero-order valence-corrected chi connectivity index (χ0v) is 14.7. The van der Waals surface area contributed by atoms with Crippen LogP contribution in [0.15, 0.2) is 60.8 Å². The first-order valence-corrected chi connectivity index (χ1v) is 8.82. The number of ketones is 1. The van der Waals surface area contributed by atoms with Gasteiger partial charge in [-0.1, -0.05) is 12.1 Å². The number of carbonyl (C=O) groups excluding carboxylic acids is 1. The molecule has 4 rings (SSSR count). The summed E-state index contributed by atoms with van der Waals surface area (Å²) >= 11 is 0. The van der Waals surface area contributed by atoms with Crippen LogP contribution in [0.25, 0.3) is 0 Å². The molecule has 0 saturated carbocycles. The molecule has 134 valence electrons. The van der Waals surface area contributed by atoms with Crippen molar-refractivity contribution in [3.05, 3.63) is 66.4 Å². The monoisotopic (exact) mass is 350 g/mol. The number of likely N-dealkylation sites (tertiary alicyclic amines) is 1. The van der Waals surface area contributed by atoms with Crippen molar-refractivity contribution in [1.29, 1.82) is 0 Å². The van der Waals surface area contributed by atoms with E-state index in [0.717, 1.165) is 25.3 Å². The van der Waals surface area contributed by atoms with Crippen LogP contribution in [-0.2, 0) is 0 Å². The molecule has 2 aromatic carbocycles. The minimum absolute atomic E-state index is 0.0239. The van der Waals surface area contributed by atoms with E-state index in [1.807, 2.05) is 18.3 Å². The Morgan fingerprint density at radius 1 is 1.12 bits per heavy atom. The van der Waals surface area contributed by atoms with Crippen LogP contribution in [0.5, 0.6) is 11.5 Å². The molecule has 2 aliphatic heterocycles. The number of fused-ring (bicyclic) bond motifs is 2. The second-order valence-electron chi connectivity index (χ2n) is 6.79. The van der Waals surface area contributed by atoms with Crippen LogP contribution in [0.3, 0.4) is 0 Å². The van der Waals surface area contributed by atoms with Gasteiger partial charge in [-0.3, -0.25) is 4.79 Å². The Bertz CT molecular complexity index is 831. The minimum atomic E-state index is -0.169. The Hall–Kier alpha value is -2.95. The second-order valence-corrected chi connectivity index (χ2v) is 6.79. The average Bonchev–Trinajstić information content (AvgIpc) is 3.27. The third-order valence-electron chi connectivity index (χ3n) is 5.27. The number of nitrogens with zero attached hydrogens (tertiary/aromatic N) is 2. The van der Waals surface area contributed by atoms with E-state index in [0.29, 0.717) is 17.6 Å². The van der Waals surface area contributed by atoms with Gasteiger partial charge in [0.1, 0.15) is 11.5 Å². The van der Waals surface area contributed by atoms with Crippen LogP contribution in [0.4, 0.5) is 5.69 Å². The van der Waals surface area contributed by atoms with Crippen molar-refractivity contribution in [1.82, 2.24) is 4.90 Å². The maximum absolute atomic E-state index is 12.3. The quantitative estimate of drug-likeness (QED) is 0.663. The van der Waals surface area contributed by atoms with E-state index in [2.05, 4.69) is 21.9 Å². The van der Waals surface area contributed by atoms with E-state index in [4.69, 9.17) is 4.74 Å². The average molecular weight is 350 g/mol. The topological polar surface area (TPSA) is 53.0 Å². The SMILES string of the molecule is COc1ccc(N2C[C@H]3C[C@@H]2CN3/C=C/C(=O)c2ccccc2O)cc1. The highest BCUT2D eigenvalue weighted by molar-refractivity contribution is 6.06. The van der Waals surface area contributed by atoms with Crippen LogP contribution < -0.4 is 9.64 Å². The van der Waals surface area contributed by atoms with E-state index >= 15 is 0 Å². The molecule has 1 N–H and O–H groups in total. The second kappa shape index (κ2) is 6.75. The summed E-state index contributed by atoms with van der Waals surface area (Å²) in [4.78, 5) is 16.9. The molecule has 0 aliphatic carbocycles. The third-order valence-corrected chi connectivity index (χ3v) is 5.27. The number of phenolic OH excluding ortho intramolecular Hbond substituents is 1. The van der Waals surface area contributed by atoms with Gasteiger partial charge in [-0.05, 0) is 42.8 Å². The fourth-order valence-electron chi connectivity index (χ4n) is 3.91. The molecule has 2 atom stereocenters. The van der Waals surface area contributed by atoms with Crippen molar-refractivity contribution >= 4 is 11.5 Å². The lowest BCUT2D eigenvalue weighted by atomic mass is 10.1. The maximum atomic E-state index is 12.3. The first-order chi connectivity index (χ1) is 12.7. The Balaban J connectivity index is 1.40. The summed E-state index contributed by atoms with van der Waals surface area (Å²) in [5, 5.41) is 9.79. The molecule has 2 fully saturated rings. The number of anilines is 1. The summed E-state index contributed by atoms with van der Waals surface area (Å²) in [6.45, 7) is 1.85. The van der Waals surface area contributed by atoms with Gasteiger partial charge in [-0.15, -0.1) is 0 Å². The molecular formula is C21H22N2O3. The highest BCUT2D eigenvalue weighted by Crippen LogP contribution is 2.35. The molecular weight excluding hydrogens is 328 g/mol. The number of rotatable bonds is 5. The molecule has 5 nitrogen and oxygen atoms in total. The van der Waals surface area contributed by atoms with Crippen molar-refractivity contribution in [3.8, 4) is 11.5 Å². The smallest absolute Gasteiger partial charge is 0.190 e. The van der Waals surface area contributed by atoms with Gasteiger partial charge in [0.15, 0.2) is 5.78 Å². The predicted molar refractivity (Wildman–Crippen MR) is 101 cm³/mol. The van der Waals surface area contributed by atoms with Crippen molar-refractivity contribution < 1.29 is 14.6 Å². The van der Waals surface area contributed by atoms with Gasteiger partial charge in [0.25, 0.3) is 0 Å². The van der Waals surface area contributed by atoms with E-state index < -0.39 is 0 Å². The molecule has 2 saturated heterocycles. The number of methoxy groups -OCH3 is 1. The number of hydrogen-bond acceptors (Lipinski definition) is 5. The maximum Gasteiger partial charge on any atom is 0.190 e. The molecule has 0 unspecified atom stereocenters. The van der Waals surface area contributed by atoms with E-state index in [1.54, 1.807) is 31.4 Å². The lowest BCUT2D eigenvalue weighted by Crippen LogP contribution is -2.44. The molecule has 2 heterocycles. The highest BCUT2D eigenvalue weighted by Gasteiger charge is 2.42. The fraction of sp³-hybridized carbons (Fsp3) is 0.286.